The van der Waals surface area contributed by atoms with Gasteiger partial charge < -0.3 is 14.6 Å². The molecule has 0 spiro atoms. The SMILES string of the molecule is O=C(O)c1cncc(C(=O)OCOCCN2C(=O)c3ccccc3C2=O)c1. The Morgan fingerprint density at radius 2 is 1.67 bits per heavy atom. The summed E-state index contributed by atoms with van der Waals surface area (Å²) in [5.41, 5.74) is 0.523. The van der Waals surface area contributed by atoms with Crippen LogP contribution in [0.25, 0.3) is 0 Å². The first-order valence-electron chi connectivity index (χ1n) is 7.87. The maximum absolute atomic E-state index is 12.2. The summed E-state index contributed by atoms with van der Waals surface area (Å²) >= 11 is 0. The first-order chi connectivity index (χ1) is 13.0. The van der Waals surface area contributed by atoms with Crippen LogP contribution in [-0.4, -0.2) is 58.7 Å². The van der Waals surface area contributed by atoms with E-state index in [0.29, 0.717) is 11.1 Å². The van der Waals surface area contributed by atoms with Crippen LogP contribution in [0.1, 0.15) is 41.4 Å². The summed E-state index contributed by atoms with van der Waals surface area (Å²) < 4.78 is 10.00. The van der Waals surface area contributed by atoms with Crippen molar-refractivity contribution in [2.45, 2.75) is 0 Å². The van der Waals surface area contributed by atoms with Crippen molar-refractivity contribution in [3.63, 3.8) is 0 Å². The van der Waals surface area contributed by atoms with Gasteiger partial charge in [-0.2, -0.15) is 0 Å². The molecule has 1 aliphatic rings. The van der Waals surface area contributed by atoms with Crippen LogP contribution in [0.4, 0.5) is 0 Å². The number of carbonyl (C=O) groups is 4. The lowest BCUT2D eigenvalue weighted by molar-refractivity contribution is -0.0342. The smallest absolute Gasteiger partial charge is 0.341 e. The third kappa shape index (κ3) is 3.82. The van der Waals surface area contributed by atoms with Crippen LogP contribution < -0.4 is 0 Å². The fourth-order valence-corrected chi connectivity index (χ4v) is 2.50. The van der Waals surface area contributed by atoms with Crippen molar-refractivity contribution >= 4 is 23.8 Å². The van der Waals surface area contributed by atoms with Crippen LogP contribution in [0.2, 0.25) is 0 Å². The number of aromatic nitrogens is 1. The molecule has 0 unspecified atom stereocenters. The molecule has 2 aromatic rings. The highest BCUT2D eigenvalue weighted by Gasteiger charge is 2.34. The fraction of sp³-hybridized carbons (Fsp3) is 0.167. The summed E-state index contributed by atoms with van der Waals surface area (Å²) in [6.45, 7) is -0.425. The van der Waals surface area contributed by atoms with Crippen molar-refractivity contribution < 1.29 is 33.8 Å². The molecule has 1 aromatic heterocycles. The zero-order valence-corrected chi connectivity index (χ0v) is 14.0. The van der Waals surface area contributed by atoms with E-state index in [9.17, 15) is 19.2 Å². The van der Waals surface area contributed by atoms with Gasteiger partial charge in [0.1, 0.15) is 0 Å². The Balaban J connectivity index is 1.46. The summed E-state index contributed by atoms with van der Waals surface area (Å²) in [7, 11) is 0. The van der Waals surface area contributed by atoms with Crippen molar-refractivity contribution in [3.8, 4) is 0 Å². The van der Waals surface area contributed by atoms with Crippen molar-refractivity contribution in [1.82, 2.24) is 9.88 Å². The second kappa shape index (κ2) is 7.75. The van der Waals surface area contributed by atoms with Gasteiger partial charge >= 0.3 is 11.9 Å². The average Bonchev–Trinajstić information content (AvgIpc) is 2.92. The predicted molar refractivity (Wildman–Crippen MR) is 89.2 cm³/mol. The maximum Gasteiger partial charge on any atom is 0.341 e. The molecule has 0 saturated carbocycles. The predicted octanol–water partition coefficient (Wildman–Crippen LogP) is 1.21. The number of benzene rings is 1. The van der Waals surface area contributed by atoms with E-state index in [2.05, 4.69) is 4.98 Å². The highest BCUT2D eigenvalue weighted by Crippen LogP contribution is 2.21. The van der Waals surface area contributed by atoms with Gasteiger partial charge in [-0.05, 0) is 18.2 Å². The number of amides is 2. The Morgan fingerprint density at radius 3 is 2.30 bits per heavy atom. The van der Waals surface area contributed by atoms with Crippen LogP contribution in [0, 0.1) is 0 Å². The van der Waals surface area contributed by atoms with Crippen molar-refractivity contribution in [2.75, 3.05) is 19.9 Å². The number of pyridine rings is 1. The van der Waals surface area contributed by atoms with Crippen LogP contribution in [0.3, 0.4) is 0 Å². The highest BCUT2D eigenvalue weighted by atomic mass is 16.7. The van der Waals surface area contributed by atoms with E-state index < -0.39 is 30.5 Å². The normalized spacial score (nSPS) is 12.8. The van der Waals surface area contributed by atoms with Crippen LogP contribution in [0.5, 0.6) is 0 Å². The molecule has 1 N–H and O–H groups in total. The summed E-state index contributed by atoms with van der Waals surface area (Å²) in [5.74, 6) is -2.80. The van der Waals surface area contributed by atoms with Crippen molar-refractivity contribution in [2.24, 2.45) is 0 Å². The number of aromatic carboxylic acids is 1. The number of nitrogens with zero attached hydrogens (tertiary/aromatic N) is 2. The number of imide groups is 1. The largest absolute Gasteiger partial charge is 0.478 e. The molecular formula is C18H14N2O7. The van der Waals surface area contributed by atoms with Crippen LogP contribution in [0.15, 0.2) is 42.7 Å². The lowest BCUT2D eigenvalue weighted by atomic mass is 10.1. The lowest BCUT2D eigenvalue weighted by Crippen LogP contribution is -2.33. The lowest BCUT2D eigenvalue weighted by Gasteiger charge is -2.13. The molecule has 0 atom stereocenters. The van der Waals surface area contributed by atoms with E-state index in [1.165, 1.54) is 6.20 Å². The van der Waals surface area contributed by atoms with Crippen LogP contribution >= 0.6 is 0 Å². The third-order valence-electron chi connectivity index (χ3n) is 3.83. The van der Waals surface area contributed by atoms with Gasteiger partial charge in [-0.25, -0.2) is 9.59 Å². The molecule has 1 aromatic carbocycles. The Kier molecular flexibility index (Phi) is 5.23. The van der Waals surface area contributed by atoms with Gasteiger partial charge in [0.25, 0.3) is 11.8 Å². The van der Waals surface area contributed by atoms with Gasteiger partial charge in [-0.3, -0.25) is 19.5 Å². The molecule has 0 bridgehead atoms. The first kappa shape index (κ1) is 18.2. The summed E-state index contributed by atoms with van der Waals surface area (Å²) in [4.78, 5) is 51.7. The minimum Gasteiger partial charge on any atom is -0.478 e. The number of ether oxygens (including phenoxy) is 2. The van der Waals surface area contributed by atoms with Gasteiger partial charge in [0.05, 0.1) is 35.4 Å². The van der Waals surface area contributed by atoms with E-state index in [-0.39, 0.29) is 24.3 Å². The Morgan fingerprint density at radius 1 is 1.04 bits per heavy atom. The van der Waals surface area contributed by atoms with Gasteiger partial charge in [0, 0.05) is 12.4 Å². The number of fused-ring (bicyclic) bond motifs is 1. The van der Waals surface area contributed by atoms with Gasteiger partial charge in [0.15, 0.2) is 6.79 Å². The zero-order valence-electron chi connectivity index (χ0n) is 14.0. The number of rotatable bonds is 7. The standard InChI is InChI=1S/C18H14N2O7/c21-15-13-3-1-2-4-14(13)16(22)20(15)5-6-26-10-27-18(25)12-7-11(17(23)24)8-19-9-12/h1-4,7-9H,5-6,10H2,(H,23,24). The van der Waals surface area contributed by atoms with E-state index in [1.54, 1.807) is 24.3 Å². The Labute approximate surface area is 153 Å². The molecule has 138 valence electrons. The Bertz CT molecular complexity index is 890. The van der Waals surface area contributed by atoms with Gasteiger partial charge in [0.2, 0.25) is 0 Å². The number of carboxylic acids is 1. The molecule has 3 rings (SSSR count). The molecule has 9 nitrogen and oxygen atoms in total. The van der Waals surface area contributed by atoms with Crippen LogP contribution in [-0.2, 0) is 9.47 Å². The summed E-state index contributed by atoms with van der Waals surface area (Å²) in [5, 5.41) is 8.87. The zero-order chi connectivity index (χ0) is 19.4. The van der Waals surface area contributed by atoms with E-state index in [1.807, 2.05) is 0 Å². The summed E-state index contributed by atoms with van der Waals surface area (Å²) in [6, 6.07) is 7.65. The van der Waals surface area contributed by atoms with E-state index >= 15 is 0 Å². The first-order valence-corrected chi connectivity index (χ1v) is 7.87. The Hall–Kier alpha value is -3.59. The monoisotopic (exact) mass is 370 g/mol. The minimum absolute atomic E-state index is 0.0138. The number of carbonyl (C=O) groups excluding carboxylic acids is 3. The molecule has 0 radical (unpaired) electrons. The quantitative estimate of drug-likeness (QED) is 0.334. The number of hydrogen-bond acceptors (Lipinski definition) is 7. The minimum atomic E-state index is -1.21. The molecule has 0 saturated heterocycles. The van der Waals surface area contributed by atoms with E-state index in [4.69, 9.17) is 14.6 Å². The topological polar surface area (TPSA) is 123 Å². The number of carboxylic acid groups (broad SMARTS) is 1. The molecular weight excluding hydrogens is 356 g/mol. The number of hydrogen-bond donors (Lipinski definition) is 1. The second-order valence-corrected chi connectivity index (χ2v) is 5.53. The number of esters is 1. The highest BCUT2D eigenvalue weighted by molar-refractivity contribution is 6.21. The van der Waals surface area contributed by atoms with Gasteiger partial charge in [-0.1, -0.05) is 12.1 Å². The van der Waals surface area contributed by atoms with E-state index in [0.717, 1.165) is 17.2 Å². The maximum atomic E-state index is 12.2. The summed E-state index contributed by atoms with van der Waals surface area (Å²) in [6.07, 6.45) is 2.28. The molecule has 9 heteroatoms. The molecule has 1 aliphatic heterocycles. The second-order valence-electron chi connectivity index (χ2n) is 5.53. The van der Waals surface area contributed by atoms with Crippen molar-refractivity contribution in [3.05, 3.63) is 65.0 Å². The fourth-order valence-electron chi connectivity index (χ4n) is 2.50. The molecule has 0 fully saturated rings. The molecule has 27 heavy (non-hydrogen) atoms. The third-order valence-corrected chi connectivity index (χ3v) is 3.83. The average molecular weight is 370 g/mol. The molecule has 2 heterocycles. The van der Waals surface area contributed by atoms with Gasteiger partial charge in [-0.15, -0.1) is 0 Å². The molecule has 0 aliphatic carbocycles. The molecule has 2 amide bonds. The van der Waals surface area contributed by atoms with Crippen molar-refractivity contribution in [1.29, 1.82) is 0 Å².